The lowest BCUT2D eigenvalue weighted by atomic mass is 10.1. The highest BCUT2D eigenvalue weighted by molar-refractivity contribution is 7.48. The predicted molar refractivity (Wildman–Crippen MR) is 53.4 cm³/mol. The third kappa shape index (κ3) is 2.68. The van der Waals surface area contributed by atoms with Crippen LogP contribution in [0.5, 0.6) is 0 Å². The summed E-state index contributed by atoms with van der Waals surface area (Å²) in [4.78, 5) is 0. The van der Waals surface area contributed by atoms with Gasteiger partial charge in [-0.25, -0.2) is 4.57 Å². The monoisotopic (exact) mass is 234 g/mol. The van der Waals surface area contributed by atoms with Crippen molar-refractivity contribution in [1.29, 1.82) is 0 Å². The largest absolute Gasteiger partial charge is 0.475 e. The molecule has 1 saturated heterocycles. The summed E-state index contributed by atoms with van der Waals surface area (Å²) in [5.74, 6) is 0. The lowest BCUT2D eigenvalue weighted by Gasteiger charge is -2.31. The van der Waals surface area contributed by atoms with Crippen molar-refractivity contribution < 1.29 is 23.2 Å². The minimum absolute atomic E-state index is 0.0140. The summed E-state index contributed by atoms with van der Waals surface area (Å²) >= 11 is 0. The minimum atomic E-state index is -3.39. The van der Waals surface area contributed by atoms with Gasteiger partial charge in [0.15, 0.2) is 0 Å². The van der Waals surface area contributed by atoms with Gasteiger partial charge >= 0.3 is 7.82 Å². The summed E-state index contributed by atoms with van der Waals surface area (Å²) in [6, 6.07) is 0. The maximum atomic E-state index is 11.9. The summed E-state index contributed by atoms with van der Waals surface area (Å²) in [6.07, 6.45) is 2.52. The van der Waals surface area contributed by atoms with Gasteiger partial charge in [0.05, 0.1) is 18.8 Å². The highest BCUT2D eigenvalue weighted by Gasteiger charge is 2.41. The molecule has 0 aromatic heterocycles. The van der Waals surface area contributed by atoms with Crippen LogP contribution < -0.4 is 0 Å². The molecule has 86 valence electrons. The van der Waals surface area contributed by atoms with Gasteiger partial charge in [-0.2, -0.15) is 0 Å². The quantitative estimate of drug-likeness (QED) is 0.581. The topological polar surface area (TPSA) is 65.0 Å². The van der Waals surface area contributed by atoms with Crippen LogP contribution in [0.1, 0.15) is 19.8 Å². The second kappa shape index (κ2) is 4.36. The van der Waals surface area contributed by atoms with Gasteiger partial charge in [0, 0.05) is 13.0 Å². The molecule has 15 heavy (non-hydrogen) atoms. The van der Waals surface area contributed by atoms with Crippen molar-refractivity contribution in [2.75, 3.05) is 13.2 Å². The van der Waals surface area contributed by atoms with Crippen molar-refractivity contribution in [1.82, 2.24) is 0 Å². The normalized spacial score (nSPS) is 40.8. The molecule has 3 unspecified atom stereocenters. The zero-order valence-corrected chi connectivity index (χ0v) is 9.48. The SMILES string of the molecule is CC1=CC2CC(CCO)OP(=O)(OC1)O2. The maximum absolute atomic E-state index is 11.9. The van der Waals surface area contributed by atoms with Crippen LogP contribution in [0.25, 0.3) is 0 Å². The molecule has 2 aliphatic heterocycles. The van der Waals surface area contributed by atoms with Crippen molar-refractivity contribution in [2.45, 2.75) is 32.0 Å². The Labute approximate surface area is 88.6 Å². The molecule has 1 fully saturated rings. The van der Waals surface area contributed by atoms with E-state index in [1.807, 2.05) is 13.0 Å². The summed E-state index contributed by atoms with van der Waals surface area (Å²) in [5.41, 5.74) is 0.992. The molecule has 0 aliphatic carbocycles. The first-order chi connectivity index (χ1) is 7.11. The fraction of sp³-hybridized carbons (Fsp3) is 0.778. The molecule has 0 aromatic carbocycles. The molecule has 2 aliphatic rings. The van der Waals surface area contributed by atoms with Gasteiger partial charge in [-0.3, -0.25) is 13.6 Å². The first-order valence-electron chi connectivity index (χ1n) is 5.01. The molecule has 2 heterocycles. The molecule has 3 atom stereocenters. The van der Waals surface area contributed by atoms with Crippen LogP contribution in [0, 0.1) is 0 Å². The molecular formula is C9H15O5P. The van der Waals surface area contributed by atoms with Crippen LogP contribution in [0.4, 0.5) is 0 Å². The minimum Gasteiger partial charge on any atom is -0.396 e. The Morgan fingerprint density at radius 2 is 2.40 bits per heavy atom. The summed E-state index contributed by atoms with van der Waals surface area (Å²) in [6.45, 7) is 2.19. The first-order valence-corrected chi connectivity index (χ1v) is 6.47. The van der Waals surface area contributed by atoms with E-state index in [0.717, 1.165) is 5.57 Å². The predicted octanol–water partition coefficient (Wildman–Crippen LogP) is 1.63. The Morgan fingerprint density at radius 1 is 1.60 bits per heavy atom. The molecule has 0 spiro atoms. The Bertz CT molecular complexity index is 314. The Kier molecular flexibility index (Phi) is 3.28. The fourth-order valence-corrected chi connectivity index (χ4v) is 3.31. The van der Waals surface area contributed by atoms with Crippen molar-refractivity contribution in [3.63, 3.8) is 0 Å². The number of aliphatic hydroxyl groups is 1. The van der Waals surface area contributed by atoms with E-state index in [9.17, 15) is 4.57 Å². The van der Waals surface area contributed by atoms with Gasteiger partial charge in [0.2, 0.25) is 0 Å². The second-order valence-electron chi connectivity index (χ2n) is 3.85. The van der Waals surface area contributed by atoms with Gasteiger partial charge in [-0.05, 0) is 18.9 Å². The lowest BCUT2D eigenvalue weighted by molar-refractivity contribution is 0.00396. The zero-order valence-electron chi connectivity index (χ0n) is 8.59. The molecule has 6 heteroatoms. The lowest BCUT2D eigenvalue weighted by Crippen LogP contribution is -2.27. The van der Waals surface area contributed by atoms with Crippen LogP contribution in [0.3, 0.4) is 0 Å². The average Bonchev–Trinajstić information content (AvgIpc) is 2.23. The molecule has 2 bridgehead atoms. The van der Waals surface area contributed by atoms with Crippen LogP contribution in [-0.2, 0) is 18.1 Å². The van der Waals surface area contributed by atoms with E-state index in [1.165, 1.54) is 0 Å². The van der Waals surface area contributed by atoms with Crippen molar-refractivity contribution in [3.05, 3.63) is 11.6 Å². The first kappa shape index (κ1) is 11.3. The third-order valence-electron chi connectivity index (χ3n) is 2.41. The van der Waals surface area contributed by atoms with E-state index in [4.69, 9.17) is 18.7 Å². The Balaban J connectivity index is 2.14. The highest BCUT2D eigenvalue weighted by atomic mass is 31.2. The van der Waals surface area contributed by atoms with E-state index in [1.54, 1.807) is 0 Å². The van der Waals surface area contributed by atoms with Crippen LogP contribution in [0.15, 0.2) is 11.6 Å². The maximum Gasteiger partial charge on any atom is 0.475 e. The van der Waals surface area contributed by atoms with Crippen LogP contribution in [0.2, 0.25) is 0 Å². The van der Waals surface area contributed by atoms with Crippen molar-refractivity contribution in [2.24, 2.45) is 0 Å². The molecule has 0 aromatic rings. The molecule has 2 rings (SSSR count). The third-order valence-corrected chi connectivity index (χ3v) is 3.94. The molecular weight excluding hydrogens is 219 g/mol. The summed E-state index contributed by atoms with van der Waals surface area (Å²) in [7, 11) is -3.39. The van der Waals surface area contributed by atoms with Gasteiger partial charge in [-0.15, -0.1) is 0 Å². The summed E-state index contributed by atoms with van der Waals surface area (Å²) < 4.78 is 27.5. The number of hydrogen-bond acceptors (Lipinski definition) is 5. The standard InChI is InChI=1S/C9H15O5P/c1-7-4-9-5-8(2-3-10)13-15(11,14-9)12-6-7/h4,8-10H,2-3,5-6H2,1H3. The number of phosphoric ester groups is 1. The van der Waals surface area contributed by atoms with E-state index in [-0.39, 0.29) is 25.4 Å². The molecule has 1 N–H and O–H groups in total. The van der Waals surface area contributed by atoms with Crippen molar-refractivity contribution >= 4 is 7.82 Å². The Hall–Kier alpha value is -0.190. The van der Waals surface area contributed by atoms with Gasteiger partial charge in [-0.1, -0.05) is 6.08 Å². The smallest absolute Gasteiger partial charge is 0.396 e. The zero-order chi connectivity index (χ0) is 10.9. The second-order valence-corrected chi connectivity index (χ2v) is 5.43. The molecule has 0 amide bonds. The number of phosphoric acid groups is 1. The molecule has 5 nitrogen and oxygen atoms in total. The van der Waals surface area contributed by atoms with E-state index in [2.05, 4.69) is 0 Å². The van der Waals surface area contributed by atoms with E-state index in [0.29, 0.717) is 12.8 Å². The number of hydrogen-bond donors (Lipinski definition) is 1. The van der Waals surface area contributed by atoms with Gasteiger partial charge < -0.3 is 5.11 Å². The van der Waals surface area contributed by atoms with E-state index < -0.39 is 7.82 Å². The molecule has 0 saturated carbocycles. The fourth-order valence-electron chi connectivity index (χ4n) is 1.74. The van der Waals surface area contributed by atoms with E-state index >= 15 is 0 Å². The van der Waals surface area contributed by atoms with Gasteiger partial charge in [0.25, 0.3) is 0 Å². The van der Waals surface area contributed by atoms with Crippen LogP contribution >= 0.6 is 7.82 Å². The number of fused-ring (bicyclic) bond motifs is 2. The number of rotatable bonds is 2. The van der Waals surface area contributed by atoms with Gasteiger partial charge in [0.1, 0.15) is 0 Å². The molecule has 0 radical (unpaired) electrons. The number of aliphatic hydroxyl groups excluding tert-OH is 1. The van der Waals surface area contributed by atoms with Crippen molar-refractivity contribution in [3.8, 4) is 0 Å². The Morgan fingerprint density at radius 3 is 3.13 bits per heavy atom. The summed E-state index contributed by atoms with van der Waals surface area (Å²) in [5, 5.41) is 8.82. The van der Waals surface area contributed by atoms with Crippen LogP contribution in [-0.4, -0.2) is 30.5 Å². The average molecular weight is 234 g/mol. The highest BCUT2D eigenvalue weighted by Crippen LogP contribution is 2.57.